The summed E-state index contributed by atoms with van der Waals surface area (Å²) in [4.78, 5) is 12.5. The highest BCUT2D eigenvalue weighted by Crippen LogP contribution is 2.38. The molecule has 0 aliphatic carbocycles. The van der Waals surface area contributed by atoms with E-state index in [1.165, 1.54) is 18.2 Å². The summed E-state index contributed by atoms with van der Waals surface area (Å²) < 4.78 is 6.77. The van der Waals surface area contributed by atoms with Crippen molar-refractivity contribution in [1.82, 2.24) is 0 Å². The van der Waals surface area contributed by atoms with Gasteiger partial charge in [-0.15, -0.1) is 0 Å². The van der Waals surface area contributed by atoms with Gasteiger partial charge in [0.05, 0.1) is 14.3 Å². The van der Waals surface area contributed by atoms with Crippen LogP contribution in [0.1, 0.15) is 5.56 Å². The van der Waals surface area contributed by atoms with Gasteiger partial charge in [0.25, 0.3) is 0 Å². The van der Waals surface area contributed by atoms with E-state index in [2.05, 4.69) is 31.9 Å². The van der Waals surface area contributed by atoms with Crippen molar-refractivity contribution >= 4 is 42.8 Å². The molecule has 0 saturated carbocycles. The third kappa shape index (κ3) is 2.42. The topological polar surface area (TPSA) is 70.7 Å². The summed E-state index contributed by atoms with van der Waals surface area (Å²) >= 11 is 6.52. The first kappa shape index (κ1) is 15.1. The van der Waals surface area contributed by atoms with Crippen molar-refractivity contribution in [3.63, 3.8) is 0 Å². The summed E-state index contributed by atoms with van der Waals surface area (Å²) in [5, 5.41) is 19.8. The van der Waals surface area contributed by atoms with Gasteiger partial charge >= 0.3 is 0 Å². The third-order valence-corrected chi connectivity index (χ3v) is 4.59. The van der Waals surface area contributed by atoms with E-state index >= 15 is 0 Å². The summed E-state index contributed by atoms with van der Waals surface area (Å²) in [5.74, 6) is 0.491. The van der Waals surface area contributed by atoms with Crippen molar-refractivity contribution in [2.24, 2.45) is 0 Å². The fraction of sp³-hybridized carbons (Fsp3) is 0.0625. The maximum atomic E-state index is 12.5. The van der Waals surface area contributed by atoms with Crippen molar-refractivity contribution in [3.05, 3.63) is 55.1 Å². The highest BCUT2D eigenvalue weighted by Gasteiger charge is 2.15. The van der Waals surface area contributed by atoms with Crippen LogP contribution in [0.2, 0.25) is 0 Å². The number of hydrogen-bond donors (Lipinski definition) is 2. The number of fused-ring (bicyclic) bond motifs is 1. The molecule has 22 heavy (non-hydrogen) atoms. The van der Waals surface area contributed by atoms with Crippen LogP contribution in [0.15, 0.2) is 48.5 Å². The second-order valence-electron chi connectivity index (χ2n) is 4.85. The minimum atomic E-state index is -0.156. The van der Waals surface area contributed by atoms with Crippen LogP contribution in [-0.4, -0.2) is 10.2 Å². The smallest absolute Gasteiger partial charge is 0.196 e. The van der Waals surface area contributed by atoms with Crippen molar-refractivity contribution < 1.29 is 14.6 Å². The van der Waals surface area contributed by atoms with E-state index < -0.39 is 0 Å². The van der Waals surface area contributed by atoms with Crippen LogP contribution in [0.3, 0.4) is 0 Å². The average molecular weight is 426 g/mol. The van der Waals surface area contributed by atoms with Gasteiger partial charge in [0, 0.05) is 17.2 Å². The monoisotopic (exact) mass is 424 g/mol. The molecule has 2 N–H and O–H groups in total. The first-order chi connectivity index (χ1) is 10.4. The van der Waals surface area contributed by atoms with Gasteiger partial charge < -0.3 is 14.6 Å². The molecule has 0 aliphatic heterocycles. The van der Waals surface area contributed by atoms with Crippen molar-refractivity contribution in [1.29, 1.82) is 0 Å². The minimum Gasteiger partial charge on any atom is -0.508 e. The van der Waals surface area contributed by atoms with Gasteiger partial charge in [-0.1, -0.05) is 0 Å². The van der Waals surface area contributed by atoms with Crippen LogP contribution < -0.4 is 5.43 Å². The molecular formula is C16H10Br2O4. The first-order valence-electron chi connectivity index (χ1n) is 6.33. The Labute approximate surface area is 142 Å². The largest absolute Gasteiger partial charge is 0.508 e. The molecule has 3 aromatic rings. The van der Waals surface area contributed by atoms with E-state index in [9.17, 15) is 15.0 Å². The van der Waals surface area contributed by atoms with E-state index in [0.29, 0.717) is 36.8 Å². The number of phenolic OH excluding ortho intramolecular Hbond substituents is 2. The maximum Gasteiger partial charge on any atom is 0.196 e. The molecule has 0 fully saturated rings. The summed E-state index contributed by atoms with van der Waals surface area (Å²) in [5.41, 5.74) is 1.25. The maximum absolute atomic E-state index is 12.5. The molecule has 0 bridgehead atoms. The number of hydrogen-bond acceptors (Lipinski definition) is 4. The van der Waals surface area contributed by atoms with Crippen molar-refractivity contribution in [2.75, 3.05) is 0 Å². The molecule has 1 aromatic heterocycles. The van der Waals surface area contributed by atoms with E-state index in [4.69, 9.17) is 4.42 Å². The van der Waals surface area contributed by atoms with Crippen LogP contribution in [0.5, 0.6) is 11.5 Å². The number of rotatable bonds is 1. The predicted molar refractivity (Wildman–Crippen MR) is 91.4 cm³/mol. The predicted octanol–water partition coefficient (Wildman–Crippen LogP) is 4.70. The summed E-state index contributed by atoms with van der Waals surface area (Å²) in [6.07, 6.45) is 0. The molecule has 3 rings (SSSR count). The molecule has 6 heteroatoms. The lowest BCUT2D eigenvalue weighted by Crippen LogP contribution is -2.07. The van der Waals surface area contributed by atoms with Gasteiger partial charge in [-0.2, -0.15) is 0 Å². The van der Waals surface area contributed by atoms with Crippen LogP contribution in [0, 0.1) is 6.92 Å². The van der Waals surface area contributed by atoms with Gasteiger partial charge in [0.2, 0.25) is 0 Å². The lowest BCUT2D eigenvalue weighted by atomic mass is 10.1. The van der Waals surface area contributed by atoms with Gasteiger partial charge in [-0.05, 0) is 63.0 Å². The fourth-order valence-corrected chi connectivity index (χ4v) is 3.43. The lowest BCUT2D eigenvalue weighted by Gasteiger charge is -2.09. The third-order valence-electron chi connectivity index (χ3n) is 3.38. The summed E-state index contributed by atoms with van der Waals surface area (Å²) in [6.45, 7) is 1.68. The highest BCUT2D eigenvalue weighted by atomic mass is 79.9. The Hall–Kier alpha value is -1.79. The molecule has 0 aliphatic rings. The molecular weight excluding hydrogens is 416 g/mol. The van der Waals surface area contributed by atoms with Gasteiger partial charge in [0.15, 0.2) is 5.43 Å². The van der Waals surface area contributed by atoms with Gasteiger partial charge in [0.1, 0.15) is 22.8 Å². The van der Waals surface area contributed by atoms with Crippen LogP contribution in [-0.2, 0) is 0 Å². The van der Waals surface area contributed by atoms with Crippen molar-refractivity contribution in [3.8, 4) is 22.8 Å². The number of halogens is 2. The Kier molecular flexibility index (Phi) is 3.74. The Bertz CT molecular complexity index is 937. The lowest BCUT2D eigenvalue weighted by molar-refractivity contribution is 0.468. The zero-order valence-electron chi connectivity index (χ0n) is 11.4. The molecule has 0 amide bonds. The molecule has 0 radical (unpaired) electrons. The second-order valence-corrected chi connectivity index (χ2v) is 6.56. The van der Waals surface area contributed by atoms with Crippen molar-refractivity contribution in [2.45, 2.75) is 6.92 Å². The van der Waals surface area contributed by atoms with Crippen LogP contribution in [0.4, 0.5) is 0 Å². The van der Waals surface area contributed by atoms with E-state index in [1.54, 1.807) is 19.1 Å². The SMILES string of the molecule is Cc1c(-c2cc(Br)c(O)c(Br)c2)oc2cc(O)ccc2c1=O. The molecule has 0 saturated heterocycles. The number of benzene rings is 2. The zero-order valence-corrected chi connectivity index (χ0v) is 14.5. The Morgan fingerprint density at radius 2 is 1.68 bits per heavy atom. The molecule has 0 spiro atoms. The molecule has 1 heterocycles. The van der Waals surface area contributed by atoms with E-state index in [0.717, 1.165) is 0 Å². The average Bonchev–Trinajstić information content (AvgIpc) is 2.47. The molecule has 0 atom stereocenters. The normalized spacial score (nSPS) is 11.0. The molecule has 2 aromatic carbocycles. The second kappa shape index (κ2) is 5.44. The quantitative estimate of drug-likeness (QED) is 0.592. The van der Waals surface area contributed by atoms with Crippen LogP contribution in [0.25, 0.3) is 22.3 Å². The molecule has 4 nitrogen and oxygen atoms in total. The molecule has 0 unspecified atom stereocenters. The zero-order chi connectivity index (χ0) is 16.0. The Balaban J connectivity index is 2.36. The first-order valence-corrected chi connectivity index (χ1v) is 7.92. The van der Waals surface area contributed by atoms with E-state index in [-0.39, 0.29) is 16.9 Å². The summed E-state index contributed by atoms with van der Waals surface area (Å²) in [6, 6.07) is 7.73. The summed E-state index contributed by atoms with van der Waals surface area (Å²) in [7, 11) is 0. The number of aromatic hydroxyl groups is 2. The number of phenols is 2. The van der Waals surface area contributed by atoms with E-state index in [1.807, 2.05) is 0 Å². The highest BCUT2D eigenvalue weighted by molar-refractivity contribution is 9.11. The van der Waals surface area contributed by atoms with Gasteiger partial charge in [-0.25, -0.2) is 0 Å². The van der Waals surface area contributed by atoms with Crippen LogP contribution >= 0.6 is 31.9 Å². The Morgan fingerprint density at radius 3 is 2.32 bits per heavy atom. The van der Waals surface area contributed by atoms with Gasteiger partial charge in [-0.3, -0.25) is 4.79 Å². The Morgan fingerprint density at radius 1 is 1.05 bits per heavy atom. The minimum absolute atomic E-state index is 0.0264. The molecule has 112 valence electrons. The fourth-order valence-electron chi connectivity index (χ4n) is 2.25. The standard InChI is InChI=1S/C16H10Br2O4/c1-7-14(20)10-3-2-9(19)6-13(10)22-16(7)8-4-11(17)15(21)12(18)5-8/h2-6,19,21H,1H3.